The van der Waals surface area contributed by atoms with Crippen molar-refractivity contribution in [3.63, 3.8) is 0 Å². The molecule has 4 aromatic rings. The van der Waals surface area contributed by atoms with E-state index in [9.17, 15) is 4.79 Å². The van der Waals surface area contributed by atoms with Gasteiger partial charge in [-0.15, -0.1) is 0 Å². The molecule has 0 amide bonds. The number of nitrogens with zero attached hydrogens (tertiary/aromatic N) is 5. The van der Waals surface area contributed by atoms with E-state index in [4.69, 9.17) is 23.2 Å². The number of alkyl halides is 1. The van der Waals surface area contributed by atoms with Gasteiger partial charge in [0.05, 0.1) is 11.4 Å². The van der Waals surface area contributed by atoms with Crippen molar-refractivity contribution in [3.05, 3.63) is 130 Å². The fourth-order valence-electron chi connectivity index (χ4n) is 6.56. The van der Waals surface area contributed by atoms with E-state index < -0.39 is 11.0 Å². The minimum absolute atomic E-state index is 0.286. The smallest absolute Gasteiger partial charge is 0.405 e. The van der Waals surface area contributed by atoms with Gasteiger partial charge in [0.15, 0.2) is 5.56 Å². The van der Waals surface area contributed by atoms with Crippen molar-refractivity contribution in [2.45, 2.75) is 63.9 Å². The van der Waals surface area contributed by atoms with Gasteiger partial charge in [0.1, 0.15) is 0 Å². The average Bonchev–Trinajstić information content (AvgIpc) is 3.68. The molecular weight excluding hydrogens is 667 g/mol. The number of halogens is 2. The zero-order valence-corrected chi connectivity index (χ0v) is 31.4. The molecule has 1 N–H and O–H groups in total. The third-order valence-corrected chi connectivity index (χ3v) is 9.07. The maximum atomic E-state index is 9.71. The SMILES string of the molecule is CC(C1=C(CCN(C)C)Cc2ccccc21)c1cnccn1.CC(Cl)OC(=O)Cl.CNCCC1=C(C(C)c2cnccn2)c2ccccc2C1. The van der Waals surface area contributed by atoms with Crippen LogP contribution in [0.4, 0.5) is 4.79 Å². The van der Waals surface area contributed by atoms with Crippen molar-refractivity contribution < 1.29 is 9.53 Å². The van der Waals surface area contributed by atoms with Crippen LogP contribution in [0.5, 0.6) is 0 Å². The van der Waals surface area contributed by atoms with Crippen LogP contribution in [0.2, 0.25) is 0 Å². The Labute approximate surface area is 307 Å². The first-order valence-corrected chi connectivity index (χ1v) is 17.8. The molecule has 3 atom stereocenters. The number of hydrogen-bond donors (Lipinski definition) is 1. The van der Waals surface area contributed by atoms with Gasteiger partial charge >= 0.3 is 5.43 Å². The Kier molecular flexibility index (Phi) is 15.1. The Morgan fingerprint density at radius 1 is 0.800 bits per heavy atom. The highest BCUT2D eigenvalue weighted by atomic mass is 35.5. The van der Waals surface area contributed by atoms with Gasteiger partial charge in [0, 0.05) is 67.2 Å². The summed E-state index contributed by atoms with van der Waals surface area (Å²) in [5.74, 6) is 0.573. The molecule has 10 heteroatoms. The van der Waals surface area contributed by atoms with E-state index in [-0.39, 0.29) is 11.8 Å². The van der Waals surface area contributed by atoms with Gasteiger partial charge in [-0.2, -0.15) is 0 Å². The highest BCUT2D eigenvalue weighted by molar-refractivity contribution is 6.61. The topological polar surface area (TPSA) is 93.1 Å². The van der Waals surface area contributed by atoms with Gasteiger partial charge in [0.25, 0.3) is 0 Å². The van der Waals surface area contributed by atoms with E-state index in [1.54, 1.807) is 30.4 Å². The zero-order chi connectivity index (χ0) is 36.0. The summed E-state index contributed by atoms with van der Waals surface area (Å²) >= 11 is 9.87. The lowest BCUT2D eigenvalue weighted by molar-refractivity contribution is 0.166. The molecule has 50 heavy (non-hydrogen) atoms. The largest absolute Gasteiger partial charge is 0.434 e. The lowest BCUT2D eigenvalue weighted by atomic mass is 9.90. The van der Waals surface area contributed by atoms with Crippen LogP contribution in [0.3, 0.4) is 0 Å². The molecule has 264 valence electrons. The summed E-state index contributed by atoms with van der Waals surface area (Å²) in [6.07, 6.45) is 15.1. The Bertz CT molecular complexity index is 1750. The number of fused-ring (bicyclic) bond motifs is 2. The summed E-state index contributed by atoms with van der Waals surface area (Å²) in [6.45, 7) is 8.08. The quantitative estimate of drug-likeness (QED) is 0.122. The first-order chi connectivity index (χ1) is 24.1. The molecule has 2 heterocycles. The van der Waals surface area contributed by atoms with Crippen molar-refractivity contribution >= 4 is 39.8 Å². The molecule has 0 radical (unpaired) electrons. The third kappa shape index (κ3) is 10.8. The van der Waals surface area contributed by atoms with Crippen LogP contribution in [-0.4, -0.2) is 70.1 Å². The molecule has 0 aliphatic heterocycles. The van der Waals surface area contributed by atoms with Gasteiger partial charge in [-0.05, 0) is 93.7 Å². The fraction of sp³-hybridized carbons (Fsp3) is 0.375. The first-order valence-electron chi connectivity index (χ1n) is 17.0. The molecule has 8 nitrogen and oxygen atoms in total. The number of ether oxygens (including phenoxy) is 1. The molecule has 2 aromatic heterocycles. The van der Waals surface area contributed by atoms with Crippen LogP contribution in [-0.2, 0) is 17.6 Å². The van der Waals surface area contributed by atoms with Crippen molar-refractivity contribution in [2.24, 2.45) is 0 Å². The molecule has 2 aliphatic rings. The number of rotatable bonds is 11. The van der Waals surface area contributed by atoms with Crippen LogP contribution in [0.25, 0.3) is 11.1 Å². The number of carbonyl (C=O) groups is 1. The zero-order valence-electron chi connectivity index (χ0n) is 29.9. The Hall–Kier alpha value is -3.95. The standard InChI is InChI=1S/C19H23N3.C18H21N3.C3H4Cl2O2/c1-14(18-13-20-9-10-21-18)19-16(8-11-22(2)3)12-15-6-4-5-7-17(15)19;1-13(17-12-20-9-10-21-17)18-15(7-8-19-2)11-14-5-3-4-6-16(14)18;1-2(4)7-3(5)6/h4-7,9-10,13-14H,8,11-12H2,1-3H3;3-6,9-10,12-13,19H,7-8,11H2,1-2H3;2H,1H3. The maximum Gasteiger partial charge on any atom is 0.405 e. The predicted octanol–water partition coefficient (Wildman–Crippen LogP) is 8.69. The highest BCUT2D eigenvalue weighted by Crippen LogP contribution is 2.43. The predicted molar refractivity (Wildman–Crippen MR) is 204 cm³/mol. The van der Waals surface area contributed by atoms with E-state index >= 15 is 0 Å². The highest BCUT2D eigenvalue weighted by Gasteiger charge is 2.27. The second-order valence-corrected chi connectivity index (χ2v) is 13.6. The van der Waals surface area contributed by atoms with Gasteiger partial charge in [-0.3, -0.25) is 19.9 Å². The lowest BCUT2D eigenvalue weighted by Gasteiger charge is -2.17. The van der Waals surface area contributed by atoms with E-state index in [2.05, 4.69) is 111 Å². The van der Waals surface area contributed by atoms with E-state index in [1.807, 2.05) is 19.4 Å². The molecule has 0 fully saturated rings. The molecule has 6 rings (SSSR count). The van der Waals surface area contributed by atoms with Crippen molar-refractivity contribution in [1.29, 1.82) is 0 Å². The molecule has 0 spiro atoms. The number of carbonyl (C=O) groups excluding carboxylic acids is 1. The fourth-order valence-corrected chi connectivity index (χ4v) is 6.82. The van der Waals surface area contributed by atoms with Gasteiger partial charge in [0.2, 0.25) is 0 Å². The molecular formula is C40H48Cl2N6O2. The maximum absolute atomic E-state index is 9.71. The van der Waals surface area contributed by atoms with E-state index in [0.29, 0.717) is 0 Å². The number of benzene rings is 2. The second kappa shape index (κ2) is 19.4. The van der Waals surface area contributed by atoms with Crippen molar-refractivity contribution in [3.8, 4) is 0 Å². The minimum atomic E-state index is -0.873. The summed E-state index contributed by atoms with van der Waals surface area (Å²) in [5.41, 5.74) is 12.2. The second-order valence-electron chi connectivity index (χ2n) is 12.7. The van der Waals surface area contributed by atoms with Gasteiger partial charge in [-0.1, -0.05) is 85.1 Å². The summed E-state index contributed by atoms with van der Waals surface area (Å²) in [5, 5.41) is 3.26. The molecule has 2 aliphatic carbocycles. The van der Waals surface area contributed by atoms with Gasteiger partial charge < -0.3 is 15.0 Å². The van der Waals surface area contributed by atoms with Crippen LogP contribution in [0, 0.1) is 0 Å². The molecule has 0 saturated heterocycles. The van der Waals surface area contributed by atoms with E-state index in [1.165, 1.54) is 45.9 Å². The van der Waals surface area contributed by atoms with Gasteiger partial charge in [-0.25, -0.2) is 4.79 Å². The Morgan fingerprint density at radius 2 is 1.28 bits per heavy atom. The normalized spacial score (nSPS) is 14.9. The summed E-state index contributed by atoms with van der Waals surface area (Å²) in [7, 11) is 6.28. The average molecular weight is 716 g/mol. The summed E-state index contributed by atoms with van der Waals surface area (Å²) < 4.78 is 4.14. The number of aromatic nitrogens is 4. The van der Waals surface area contributed by atoms with Crippen LogP contribution in [0.15, 0.2) is 96.9 Å². The number of nitrogens with one attached hydrogen (secondary N) is 1. The van der Waals surface area contributed by atoms with Crippen LogP contribution >= 0.6 is 23.2 Å². The first kappa shape index (κ1) is 38.8. The van der Waals surface area contributed by atoms with Crippen molar-refractivity contribution in [2.75, 3.05) is 34.2 Å². The third-order valence-electron chi connectivity index (χ3n) is 8.90. The minimum Gasteiger partial charge on any atom is -0.434 e. The molecule has 3 unspecified atom stereocenters. The van der Waals surface area contributed by atoms with Crippen LogP contribution in [0.1, 0.15) is 79.1 Å². The lowest BCUT2D eigenvalue weighted by Crippen LogP contribution is -2.14. The molecule has 0 bridgehead atoms. The summed E-state index contributed by atoms with van der Waals surface area (Å²) in [6, 6.07) is 17.5. The number of allylic oxidation sites excluding steroid dienone is 2. The monoisotopic (exact) mass is 714 g/mol. The summed E-state index contributed by atoms with van der Waals surface area (Å²) in [4.78, 5) is 29.4. The molecule has 0 saturated carbocycles. The van der Waals surface area contributed by atoms with E-state index in [0.717, 1.165) is 50.2 Å². The van der Waals surface area contributed by atoms with Crippen molar-refractivity contribution in [1.82, 2.24) is 30.2 Å². The number of hydrogen-bond acceptors (Lipinski definition) is 8. The van der Waals surface area contributed by atoms with Crippen LogP contribution < -0.4 is 5.32 Å². The molecule has 2 aromatic carbocycles. The Balaban J connectivity index is 0.000000190. The Morgan fingerprint density at radius 3 is 1.66 bits per heavy atom.